The second kappa shape index (κ2) is 3.44. The van der Waals surface area contributed by atoms with Crippen molar-refractivity contribution < 1.29 is 0 Å². The highest BCUT2D eigenvalue weighted by molar-refractivity contribution is 6.02. The van der Waals surface area contributed by atoms with Gasteiger partial charge in [-0.25, -0.2) is 4.98 Å². The molecule has 1 aliphatic rings. The van der Waals surface area contributed by atoms with Crippen LogP contribution in [0.1, 0.15) is 5.56 Å². The predicted octanol–water partition coefficient (Wildman–Crippen LogP) is 1.86. The first-order valence-electron chi connectivity index (χ1n) is 4.96. The minimum Gasteiger partial charge on any atom is -0.306 e. The molecule has 17 heavy (non-hydrogen) atoms. The van der Waals surface area contributed by atoms with Crippen LogP contribution in [0.15, 0.2) is 45.4 Å². The topological polar surface area (TPSA) is 94.3 Å². The van der Waals surface area contributed by atoms with Crippen molar-refractivity contribution in [1.82, 2.24) is 9.97 Å². The molecular formula is C11H7N5O. The Hall–Kier alpha value is -2.63. The fourth-order valence-corrected chi connectivity index (χ4v) is 1.63. The number of benzene rings is 1. The fraction of sp³-hybridized carbons (Fsp3) is 0. The summed E-state index contributed by atoms with van der Waals surface area (Å²) in [5, 5.41) is 14.6. The Balaban J connectivity index is 2.23. The summed E-state index contributed by atoms with van der Waals surface area (Å²) in [6.07, 6.45) is 0. The Morgan fingerprint density at radius 3 is 2.65 bits per heavy atom. The van der Waals surface area contributed by atoms with E-state index in [2.05, 4.69) is 20.2 Å². The van der Waals surface area contributed by atoms with E-state index in [4.69, 9.17) is 5.41 Å². The van der Waals surface area contributed by atoms with Crippen LogP contribution in [0.25, 0.3) is 11.4 Å². The smallest absolute Gasteiger partial charge is 0.264 e. The summed E-state index contributed by atoms with van der Waals surface area (Å²) >= 11 is 0. The third-order valence-electron chi connectivity index (χ3n) is 2.43. The van der Waals surface area contributed by atoms with E-state index in [1.807, 2.05) is 30.3 Å². The van der Waals surface area contributed by atoms with Crippen molar-refractivity contribution in [2.24, 2.45) is 10.2 Å². The van der Waals surface area contributed by atoms with Gasteiger partial charge in [-0.3, -0.25) is 10.2 Å². The van der Waals surface area contributed by atoms with Crippen LogP contribution in [-0.4, -0.2) is 15.8 Å². The molecule has 6 heteroatoms. The number of rotatable bonds is 1. The van der Waals surface area contributed by atoms with Crippen LogP contribution in [0.2, 0.25) is 0 Å². The number of azo groups is 1. The first kappa shape index (κ1) is 9.59. The molecule has 82 valence electrons. The summed E-state index contributed by atoms with van der Waals surface area (Å²) in [7, 11) is 0. The lowest BCUT2D eigenvalue weighted by atomic mass is 10.2. The lowest BCUT2D eigenvalue weighted by molar-refractivity contribution is 1.11. The molecule has 0 radical (unpaired) electrons. The van der Waals surface area contributed by atoms with Gasteiger partial charge in [0.25, 0.3) is 5.56 Å². The molecule has 2 heterocycles. The van der Waals surface area contributed by atoms with E-state index in [1.54, 1.807) is 0 Å². The summed E-state index contributed by atoms with van der Waals surface area (Å²) in [5.74, 6) is 0.494. The zero-order chi connectivity index (χ0) is 11.8. The predicted molar refractivity (Wildman–Crippen MR) is 61.6 cm³/mol. The number of nitrogens with zero attached hydrogens (tertiary/aromatic N) is 3. The quantitative estimate of drug-likeness (QED) is 0.774. The molecule has 1 aliphatic heterocycles. The van der Waals surface area contributed by atoms with Gasteiger partial charge in [0.05, 0.1) is 0 Å². The fourth-order valence-electron chi connectivity index (χ4n) is 1.63. The summed E-state index contributed by atoms with van der Waals surface area (Å²) < 4.78 is 0. The normalized spacial score (nSPS) is 12.8. The molecule has 2 aromatic rings. The largest absolute Gasteiger partial charge is 0.306 e. The standard InChI is InChI=1S/C11H7N5O/c12-8-7-10(16-15-8)13-9(14-11(7)17)6-4-2-1-3-5-6/h1-5,12H,(H,13,14,17). The molecule has 1 aromatic heterocycles. The number of fused-ring (bicyclic) bond motifs is 1. The SMILES string of the molecule is N=C1N=Nc2nc(-c3ccccc3)[nH]c(=O)c21. The van der Waals surface area contributed by atoms with Gasteiger partial charge in [0.15, 0.2) is 11.7 Å². The van der Waals surface area contributed by atoms with Crippen molar-refractivity contribution in [3.8, 4) is 11.4 Å². The number of H-pyrrole nitrogens is 1. The maximum atomic E-state index is 11.8. The van der Waals surface area contributed by atoms with Crippen molar-refractivity contribution in [3.63, 3.8) is 0 Å². The molecule has 0 spiro atoms. The van der Waals surface area contributed by atoms with Gasteiger partial charge < -0.3 is 4.98 Å². The van der Waals surface area contributed by atoms with Crippen molar-refractivity contribution in [2.45, 2.75) is 0 Å². The van der Waals surface area contributed by atoms with Crippen molar-refractivity contribution in [3.05, 3.63) is 46.2 Å². The first-order valence-corrected chi connectivity index (χ1v) is 4.96. The Kier molecular flexibility index (Phi) is 1.94. The van der Waals surface area contributed by atoms with E-state index >= 15 is 0 Å². The van der Waals surface area contributed by atoms with Crippen LogP contribution in [0.5, 0.6) is 0 Å². The Labute approximate surface area is 95.6 Å². The van der Waals surface area contributed by atoms with E-state index in [9.17, 15) is 4.79 Å². The zero-order valence-corrected chi connectivity index (χ0v) is 8.64. The molecule has 2 N–H and O–H groups in total. The van der Waals surface area contributed by atoms with E-state index in [-0.39, 0.29) is 22.8 Å². The maximum absolute atomic E-state index is 11.8. The van der Waals surface area contributed by atoms with Crippen molar-refractivity contribution >= 4 is 11.7 Å². The average molecular weight is 225 g/mol. The monoisotopic (exact) mass is 225 g/mol. The van der Waals surface area contributed by atoms with E-state index in [1.165, 1.54) is 0 Å². The third kappa shape index (κ3) is 1.46. The summed E-state index contributed by atoms with van der Waals surface area (Å²) in [5.41, 5.74) is 0.537. The molecule has 0 aliphatic carbocycles. The van der Waals surface area contributed by atoms with Crippen LogP contribution in [0.3, 0.4) is 0 Å². The summed E-state index contributed by atoms with van der Waals surface area (Å²) in [4.78, 5) is 18.6. The molecule has 0 saturated carbocycles. The number of aromatic nitrogens is 2. The Bertz CT molecular complexity index is 687. The molecule has 0 unspecified atom stereocenters. The molecule has 0 bridgehead atoms. The van der Waals surface area contributed by atoms with Gasteiger partial charge in [0.2, 0.25) is 0 Å². The third-order valence-corrected chi connectivity index (χ3v) is 2.43. The van der Waals surface area contributed by atoms with E-state index in [0.29, 0.717) is 5.82 Å². The zero-order valence-electron chi connectivity index (χ0n) is 8.64. The molecular weight excluding hydrogens is 218 g/mol. The molecule has 0 amide bonds. The van der Waals surface area contributed by atoms with Gasteiger partial charge in [0, 0.05) is 5.56 Å². The minimum absolute atomic E-state index is 0.129. The van der Waals surface area contributed by atoms with Crippen LogP contribution in [0, 0.1) is 5.41 Å². The highest BCUT2D eigenvalue weighted by Crippen LogP contribution is 2.23. The van der Waals surface area contributed by atoms with Crippen LogP contribution >= 0.6 is 0 Å². The average Bonchev–Trinajstić information content (AvgIpc) is 2.73. The lowest BCUT2D eigenvalue weighted by Gasteiger charge is -2.01. The molecule has 0 atom stereocenters. The second-order valence-electron chi connectivity index (χ2n) is 3.53. The van der Waals surface area contributed by atoms with Gasteiger partial charge in [-0.2, -0.15) is 0 Å². The Morgan fingerprint density at radius 2 is 1.88 bits per heavy atom. The molecule has 6 nitrogen and oxygen atoms in total. The highest BCUT2D eigenvalue weighted by atomic mass is 16.1. The van der Waals surface area contributed by atoms with Crippen molar-refractivity contribution in [2.75, 3.05) is 0 Å². The van der Waals surface area contributed by atoms with Crippen LogP contribution in [0.4, 0.5) is 5.82 Å². The number of aromatic amines is 1. The summed E-state index contributed by atoms with van der Waals surface area (Å²) in [6, 6.07) is 9.26. The molecule has 0 fully saturated rings. The highest BCUT2D eigenvalue weighted by Gasteiger charge is 2.21. The molecule has 0 saturated heterocycles. The molecule has 3 rings (SSSR count). The lowest BCUT2D eigenvalue weighted by Crippen LogP contribution is -2.16. The van der Waals surface area contributed by atoms with Gasteiger partial charge in [0.1, 0.15) is 11.4 Å². The number of hydrogen-bond acceptors (Lipinski definition) is 4. The van der Waals surface area contributed by atoms with Crippen LogP contribution in [-0.2, 0) is 0 Å². The minimum atomic E-state index is -0.385. The number of hydrogen-bond donors (Lipinski definition) is 2. The first-order chi connectivity index (χ1) is 8.25. The van der Waals surface area contributed by atoms with Gasteiger partial charge in [-0.15, -0.1) is 10.2 Å². The van der Waals surface area contributed by atoms with Crippen molar-refractivity contribution in [1.29, 1.82) is 5.41 Å². The van der Waals surface area contributed by atoms with Crippen LogP contribution < -0.4 is 5.56 Å². The molecule has 1 aromatic carbocycles. The second-order valence-corrected chi connectivity index (χ2v) is 3.53. The Morgan fingerprint density at radius 1 is 1.12 bits per heavy atom. The van der Waals surface area contributed by atoms with Gasteiger partial charge in [-0.1, -0.05) is 30.3 Å². The van der Waals surface area contributed by atoms with E-state index < -0.39 is 0 Å². The number of amidine groups is 1. The number of nitrogens with one attached hydrogen (secondary N) is 2. The van der Waals surface area contributed by atoms with Gasteiger partial charge in [-0.05, 0) is 0 Å². The summed E-state index contributed by atoms with van der Waals surface area (Å²) in [6.45, 7) is 0. The van der Waals surface area contributed by atoms with E-state index in [0.717, 1.165) is 5.56 Å². The van der Waals surface area contributed by atoms with Gasteiger partial charge >= 0.3 is 0 Å². The maximum Gasteiger partial charge on any atom is 0.264 e.